The first-order valence-electron chi connectivity index (χ1n) is 12.8. The molecule has 178 valence electrons. The summed E-state index contributed by atoms with van der Waals surface area (Å²) in [7, 11) is 0. The summed E-state index contributed by atoms with van der Waals surface area (Å²) >= 11 is 0. The fraction of sp³-hybridized carbons (Fsp3) is 0. The van der Waals surface area contributed by atoms with Crippen molar-refractivity contribution >= 4 is 43.6 Å². The Hall–Kier alpha value is -5.22. The molecule has 0 fully saturated rings. The lowest BCUT2D eigenvalue weighted by atomic mass is 10.1. The van der Waals surface area contributed by atoms with Crippen molar-refractivity contribution in [3.05, 3.63) is 134 Å². The second-order valence-corrected chi connectivity index (χ2v) is 9.54. The van der Waals surface area contributed by atoms with Gasteiger partial charge >= 0.3 is 0 Å². The van der Waals surface area contributed by atoms with Gasteiger partial charge in [-0.05, 0) is 47.5 Å². The number of hydrogen-bond acceptors (Lipinski definition) is 2. The zero-order chi connectivity index (χ0) is 25.1. The molecular weight excluding hydrogens is 464 g/mol. The van der Waals surface area contributed by atoms with Crippen molar-refractivity contribution in [2.45, 2.75) is 0 Å². The fourth-order valence-corrected chi connectivity index (χ4v) is 5.88. The van der Waals surface area contributed by atoms with Gasteiger partial charge in [0.1, 0.15) is 0 Å². The van der Waals surface area contributed by atoms with Gasteiger partial charge in [0.05, 0.1) is 28.3 Å². The highest BCUT2D eigenvalue weighted by molar-refractivity contribution is 6.28. The van der Waals surface area contributed by atoms with Gasteiger partial charge in [0.15, 0.2) is 5.82 Å². The third kappa shape index (κ3) is 2.98. The molecule has 4 nitrogen and oxygen atoms in total. The molecule has 3 heterocycles. The van der Waals surface area contributed by atoms with Gasteiger partial charge < -0.3 is 4.57 Å². The van der Waals surface area contributed by atoms with E-state index in [0.29, 0.717) is 0 Å². The number of hydrogen-bond donors (Lipinski definition) is 0. The quantitative estimate of drug-likeness (QED) is 0.252. The molecule has 0 spiro atoms. The number of aromatic nitrogens is 4. The van der Waals surface area contributed by atoms with Crippen molar-refractivity contribution in [1.29, 1.82) is 0 Å². The van der Waals surface area contributed by atoms with E-state index in [9.17, 15) is 0 Å². The predicted octanol–water partition coefficient (Wildman–Crippen LogP) is 8.34. The maximum atomic E-state index is 4.65. The zero-order valence-electron chi connectivity index (χ0n) is 20.5. The minimum absolute atomic E-state index is 0.818. The summed E-state index contributed by atoms with van der Waals surface area (Å²) in [5, 5.41) is 4.94. The summed E-state index contributed by atoms with van der Waals surface area (Å²) in [5.74, 6) is 0.818. The van der Waals surface area contributed by atoms with E-state index in [1.165, 1.54) is 43.7 Å². The lowest BCUT2D eigenvalue weighted by molar-refractivity contribution is 1.04. The van der Waals surface area contributed by atoms with Crippen molar-refractivity contribution in [3.63, 3.8) is 0 Å². The Bertz CT molecular complexity index is 2100. The smallest absolute Gasteiger partial charge is 0.156 e. The Labute approximate surface area is 219 Å². The first-order valence-corrected chi connectivity index (χ1v) is 12.8. The van der Waals surface area contributed by atoms with Gasteiger partial charge in [-0.1, -0.05) is 78.9 Å². The van der Waals surface area contributed by atoms with E-state index in [2.05, 4.69) is 134 Å². The minimum Gasteiger partial charge on any atom is -0.309 e. The van der Waals surface area contributed by atoms with E-state index in [-0.39, 0.29) is 0 Å². The van der Waals surface area contributed by atoms with Crippen LogP contribution in [0.2, 0.25) is 0 Å². The Morgan fingerprint density at radius 1 is 0.447 bits per heavy atom. The van der Waals surface area contributed by atoms with Crippen LogP contribution in [0.4, 0.5) is 0 Å². The molecule has 0 amide bonds. The zero-order valence-corrected chi connectivity index (χ0v) is 20.5. The van der Waals surface area contributed by atoms with E-state index in [1.54, 1.807) is 12.4 Å². The van der Waals surface area contributed by atoms with Crippen molar-refractivity contribution in [2.24, 2.45) is 0 Å². The summed E-state index contributed by atoms with van der Waals surface area (Å²) in [6, 6.07) is 41.1. The van der Waals surface area contributed by atoms with Crippen LogP contribution in [-0.2, 0) is 0 Å². The molecule has 4 heteroatoms. The molecule has 8 rings (SSSR count). The third-order valence-electron chi connectivity index (χ3n) is 7.48. The van der Waals surface area contributed by atoms with Crippen LogP contribution in [0.1, 0.15) is 0 Å². The highest BCUT2D eigenvalue weighted by atomic mass is 15.1. The Morgan fingerprint density at radius 3 is 1.68 bits per heavy atom. The number of rotatable bonds is 3. The molecule has 0 N–H and O–H groups in total. The minimum atomic E-state index is 0.818. The molecule has 0 aliphatic rings. The van der Waals surface area contributed by atoms with Gasteiger partial charge in [-0.15, -0.1) is 0 Å². The largest absolute Gasteiger partial charge is 0.309 e. The van der Waals surface area contributed by atoms with E-state index < -0.39 is 0 Å². The summed E-state index contributed by atoms with van der Waals surface area (Å²) in [5.41, 5.74) is 8.21. The fourth-order valence-electron chi connectivity index (χ4n) is 5.88. The second-order valence-electron chi connectivity index (χ2n) is 9.54. The van der Waals surface area contributed by atoms with E-state index in [4.69, 9.17) is 0 Å². The molecule has 3 aromatic heterocycles. The number of benzene rings is 5. The van der Waals surface area contributed by atoms with Crippen LogP contribution in [0.5, 0.6) is 0 Å². The normalized spacial score (nSPS) is 11.7. The summed E-state index contributed by atoms with van der Waals surface area (Å²) < 4.78 is 4.60. The summed E-state index contributed by atoms with van der Waals surface area (Å²) in [4.78, 5) is 9.00. The molecule has 0 saturated carbocycles. The standard InChI is InChI=1S/C34H22N4/c1-2-8-23(9-3-1)24-14-16-25(17-15-24)37-28-12-6-4-10-26(28)33-30(37)18-19-31-34(33)27-11-5-7-13-29(27)38(31)32-22-35-20-21-36-32/h1-22H. The summed E-state index contributed by atoms with van der Waals surface area (Å²) in [6.45, 7) is 0. The molecular formula is C34H22N4. The molecule has 38 heavy (non-hydrogen) atoms. The highest BCUT2D eigenvalue weighted by Crippen LogP contribution is 2.42. The van der Waals surface area contributed by atoms with Gasteiger partial charge in [-0.25, -0.2) is 4.98 Å². The van der Waals surface area contributed by atoms with Crippen LogP contribution in [0.15, 0.2) is 134 Å². The van der Waals surface area contributed by atoms with Crippen LogP contribution in [0, 0.1) is 0 Å². The first-order chi connectivity index (χ1) is 18.9. The Kier molecular flexibility index (Phi) is 4.49. The van der Waals surface area contributed by atoms with E-state index in [1.807, 2.05) is 6.20 Å². The van der Waals surface area contributed by atoms with Crippen LogP contribution in [0.25, 0.3) is 66.2 Å². The lowest BCUT2D eigenvalue weighted by Crippen LogP contribution is -1.97. The monoisotopic (exact) mass is 486 g/mol. The molecule has 0 aliphatic carbocycles. The molecule has 8 aromatic rings. The second kappa shape index (κ2) is 8.15. The first kappa shape index (κ1) is 20.9. The molecule has 0 radical (unpaired) electrons. The molecule has 0 saturated heterocycles. The average Bonchev–Trinajstić information content (AvgIpc) is 3.51. The van der Waals surface area contributed by atoms with E-state index >= 15 is 0 Å². The van der Waals surface area contributed by atoms with E-state index in [0.717, 1.165) is 22.5 Å². The third-order valence-corrected chi connectivity index (χ3v) is 7.48. The van der Waals surface area contributed by atoms with Gasteiger partial charge in [-0.2, -0.15) is 0 Å². The number of fused-ring (bicyclic) bond motifs is 7. The number of para-hydroxylation sites is 2. The SMILES string of the molecule is c1ccc(-c2ccc(-n3c4ccccc4c4c5c6ccccc6n(-c6cnccn6)c5ccc43)cc2)cc1. The van der Waals surface area contributed by atoms with Crippen LogP contribution in [0.3, 0.4) is 0 Å². The van der Waals surface area contributed by atoms with Crippen molar-refractivity contribution in [2.75, 3.05) is 0 Å². The van der Waals surface area contributed by atoms with Gasteiger partial charge in [0, 0.05) is 39.6 Å². The van der Waals surface area contributed by atoms with Gasteiger partial charge in [0.25, 0.3) is 0 Å². The lowest BCUT2D eigenvalue weighted by Gasteiger charge is -2.10. The summed E-state index contributed by atoms with van der Waals surface area (Å²) in [6.07, 6.45) is 5.29. The maximum absolute atomic E-state index is 4.65. The van der Waals surface area contributed by atoms with Gasteiger partial charge in [0.2, 0.25) is 0 Å². The Balaban J connectivity index is 1.46. The van der Waals surface area contributed by atoms with Crippen LogP contribution < -0.4 is 0 Å². The number of nitrogens with zero attached hydrogens (tertiary/aromatic N) is 4. The highest BCUT2D eigenvalue weighted by Gasteiger charge is 2.20. The van der Waals surface area contributed by atoms with Gasteiger partial charge in [-0.3, -0.25) is 9.55 Å². The molecule has 0 bridgehead atoms. The molecule has 5 aromatic carbocycles. The van der Waals surface area contributed by atoms with Crippen LogP contribution >= 0.6 is 0 Å². The average molecular weight is 487 g/mol. The maximum Gasteiger partial charge on any atom is 0.156 e. The van der Waals surface area contributed by atoms with Crippen molar-refractivity contribution < 1.29 is 0 Å². The van der Waals surface area contributed by atoms with Crippen molar-refractivity contribution in [3.8, 4) is 22.6 Å². The predicted molar refractivity (Wildman–Crippen MR) is 156 cm³/mol. The van der Waals surface area contributed by atoms with Crippen LogP contribution in [-0.4, -0.2) is 19.1 Å². The Morgan fingerprint density at radius 2 is 1.03 bits per heavy atom. The topological polar surface area (TPSA) is 35.6 Å². The van der Waals surface area contributed by atoms with Crippen molar-refractivity contribution in [1.82, 2.24) is 19.1 Å². The molecule has 0 aliphatic heterocycles. The molecule has 0 unspecified atom stereocenters. The molecule has 0 atom stereocenters.